The Hall–Kier alpha value is -0.390. The van der Waals surface area contributed by atoms with Crippen LogP contribution in [0.5, 0.6) is 0 Å². The molecule has 19 heavy (non-hydrogen) atoms. The van der Waals surface area contributed by atoms with Crippen molar-refractivity contribution in [1.29, 1.82) is 0 Å². The second-order valence-corrected chi connectivity index (χ2v) is 7.80. The summed E-state index contributed by atoms with van der Waals surface area (Å²) < 4.78 is 27.0. The molecule has 1 aromatic rings. The van der Waals surface area contributed by atoms with Crippen LogP contribution < -0.4 is 0 Å². The van der Waals surface area contributed by atoms with Crippen molar-refractivity contribution >= 4 is 26.0 Å². The second kappa shape index (κ2) is 5.94. The molecule has 0 bridgehead atoms. The standard InChI is InChI=1S/C14H20BrNO2S/c1-11(2)14-4-3-9-16(14)19(17,18)13-7-5-12(10-15)6-8-13/h5-8,11,14H,3-4,9-10H2,1-2H3. The van der Waals surface area contributed by atoms with Crippen LogP contribution in [-0.4, -0.2) is 25.3 Å². The van der Waals surface area contributed by atoms with Crippen molar-refractivity contribution in [1.82, 2.24) is 4.31 Å². The van der Waals surface area contributed by atoms with E-state index in [9.17, 15) is 8.42 Å². The van der Waals surface area contributed by atoms with Crippen LogP contribution in [0.15, 0.2) is 29.2 Å². The molecule has 0 amide bonds. The molecule has 1 fully saturated rings. The van der Waals surface area contributed by atoms with Crippen molar-refractivity contribution < 1.29 is 8.42 Å². The highest BCUT2D eigenvalue weighted by atomic mass is 79.9. The predicted molar refractivity (Wildman–Crippen MR) is 80.8 cm³/mol. The molecule has 0 radical (unpaired) electrons. The molecule has 2 rings (SSSR count). The summed E-state index contributed by atoms with van der Waals surface area (Å²) in [6, 6.07) is 7.29. The van der Waals surface area contributed by atoms with Crippen molar-refractivity contribution in [3.8, 4) is 0 Å². The van der Waals surface area contributed by atoms with Crippen molar-refractivity contribution in [2.24, 2.45) is 5.92 Å². The van der Waals surface area contributed by atoms with Gasteiger partial charge in [0.25, 0.3) is 0 Å². The van der Waals surface area contributed by atoms with Crippen molar-refractivity contribution in [2.45, 2.75) is 43.0 Å². The molecule has 1 aromatic carbocycles. The molecule has 0 saturated carbocycles. The summed E-state index contributed by atoms with van der Waals surface area (Å²) in [5, 5.41) is 0.742. The fourth-order valence-electron chi connectivity index (χ4n) is 2.62. The molecule has 0 N–H and O–H groups in total. The number of hydrogen-bond acceptors (Lipinski definition) is 2. The van der Waals surface area contributed by atoms with E-state index >= 15 is 0 Å². The third kappa shape index (κ3) is 3.03. The molecule has 1 atom stereocenters. The number of alkyl halides is 1. The van der Waals surface area contributed by atoms with Crippen LogP contribution in [0.1, 0.15) is 32.3 Å². The van der Waals surface area contributed by atoms with E-state index in [4.69, 9.17) is 0 Å². The Balaban J connectivity index is 2.30. The highest BCUT2D eigenvalue weighted by Gasteiger charge is 2.36. The van der Waals surface area contributed by atoms with Crippen molar-refractivity contribution in [2.75, 3.05) is 6.54 Å². The Morgan fingerprint density at radius 1 is 1.32 bits per heavy atom. The van der Waals surface area contributed by atoms with E-state index in [2.05, 4.69) is 29.8 Å². The lowest BCUT2D eigenvalue weighted by Gasteiger charge is -2.26. The highest BCUT2D eigenvalue weighted by molar-refractivity contribution is 9.08. The van der Waals surface area contributed by atoms with Crippen LogP contribution in [-0.2, 0) is 15.4 Å². The van der Waals surface area contributed by atoms with E-state index in [1.54, 1.807) is 16.4 Å². The smallest absolute Gasteiger partial charge is 0.207 e. The normalized spacial score (nSPS) is 21.2. The molecular formula is C14H20BrNO2S. The molecule has 1 heterocycles. The van der Waals surface area contributed by atoms with Gasteiger partial charge in [-0.05, 0) is 36.5 Å². The van der Waals surface area contributed by atoms with E-state index in [0.717, 1.165) is 23.7 Å². The van der Waals surface area contributed by atoms with Gasteiger partial charge in [0.1, 0.15) is 0 Å². The summed E-state index contributed by atoms with van der Waals surface area (Å²) in [7, 11) is -3.34. The topological polar surface area (TPSA) is 37.4 Å². The van der Waals surface area contributed by atoms with E-state index in [1.807, 2.05) is 12.1 Å². The van der Waals surface area contributed by atoms with Gasteiger partial charge in [-0.2, -0.15) is 4.31 Å². The van der Waals surface area contributed by atoms with Crippen LogP contribution >= 0.6 is 15.9 Å². The summed E-state index contributed by atoms with van der Waals surface area (Å²) in [4.78, 5) is 0.407. The van der Waals surface area contributed by atoms with E-state index < -0.39 is 10.0 Å². The maximum atomic E-state index is 12.7. The lowest BCUT2D eigenvalue weighted by Crippen LogP contribution is -2.38. The Kier molecular flexibility index (Phi) is 4.69. The minimum atomic E-state index is -3.34. The minimum absolute atomic E-state index is 0.140. The third-order valence-electron chi connectivity index (χ3n) is 3.70. The van der Waals surface area contributed by atoms with Gasteiger partial charge >= 0.3 is 0 Å². The van der Waals surface area contributed by atoms with Gasteiger partial charge in [0.2, 0.25) is 10.0 Å². The summed E-state index contributed by atoms with van der Waals surface area (Å²) in [6.07, 6.45) is 1.93. The Morgan fingerprint density at radius 2 is 1.95 bits per heavy atom. The maximum Gasteiger partial charge on any atom is 0.243 e. The molecule has 1 unspecified atom stereocenters. The van der Waals surface area contributed by atoms with Gasteiger partial charge in [0.05, 0.1) is 4.90 Å². The molecule has 1 aliphatic rings. The monoisotopic (exact) mass is 345 g/mol. The van der Waals surface area contributed by atoms with Gasteiger partial charge < -0.3 is 0 Å². The van der Waals surface area contributed by atoms with Crippen LogP contribution in [0.25, 0.3) is 0 Å². The maximum absolute atomic E-state index is 12.7. The van der Waals surface area contributed by atoms with Crippen LogP contribution in [0, 0.1) is 5.92 Å². The predicted octanol–water partition coefficient (Wildman–Crippen LogP) is 3.39. The van der Waals surface area contributed by atoms with E-state index in [-0.39, 0.29) is 6.04 Å². The largest absolute Gasteiger partial charge is 0.243 e. The summed E-state index contributed by atoms with van der Waals surface area (Å²) in [5.41, 5.74) is 1.08. The minimum Gasteiger partial charge on any atom is -0.207 e. The Labute approximate surface area is 124 Å². The Morgan fingerprint density at radius 3 is 2.47 bits per heavy atom. The lowest BCUT2D eigenvalue weighted by atomic mass is 10.0. The summed E-state index contributed by atoms with van der Waals surface area (Å²) >= 11 is 3.37. The first-order chi connectivity index (χ1) is 8.96. The molecule has 0 spiro atoms. The second-order valence-electron chi connectivity index (χ2n) is 5.35. The first kappa shape index (κ1) is 15.0. The molecule has 1 saturated heterocycles. The molecule has 106 valence electrons. The first-order valence-corrected chi connectivity index (χ1v) is 9.19. The van der Waals surface area contributed by atoms with Crippen molar-refractivity contribution in [3.05, 3.63) is 29.8 Å². The fraction of sp³-hybridized carbons (Fsp3) is 0.571. The molecule has 0 aliphatic carbocycles. The van der Waals surface area contributed by atoms with Gasteiger partial charge in [0, 0.05) is 17.9 Å². The summed E-state index contributed by atoms with van der Waals surface area (Å²) in [6.45, 7) is 4.82. The molecular weight excluding hydrogens is 326 g/mol. The zero-order chi connectivity index (χ0) is 14.0. The highest BCUT2D eigenvalue weighted by Crippen LogP contribution is 2.30. The molecule has 0 aromatic heterocycles. The number of nitrogens with zero attached hydrogens (tertiary/aromatic N) is 1. The van der Waals surface area contributed by atoms with Crippen LogP contribution in [0.2, 0.25) is 0 Å². The third-order valence-corrected chi connectivity index (χ3v) is 6.29. The molecule has 1 aliphatic heterocycles. The lowest BCUT2D eigenvalue weighted by molar-refractivity contribution is 0.316. The molecule has 3 nitrogen and oxygen atoms in total. The van der Waals surface area contributed by atoms with E-state index in [1.165, 1.54) is 0 Å². The first-order valence-electron chi connectivity index (χ1n) is 6.63. The van der Waals surface area contributed by atoms with Crippen molar-refractivity contribution in [3.63, 3.8) is 0 Å². The van der Waals surface area contributed by atoms with Gasteiger partial charge in [-0.1, -0.05) is 41.9 Å². The van der Waals surface area contributed by atoms with Crippen LogP contribution in [0.3, 0.4) is 0 Å². The zero-order valence-corrected chi connectivity index (χ0v) is 13.7. The Bertz CT molecular complexity index is 525. The van der Waals surface area contributed by atoms with Gasteiger partial charge in [-0.3, -0.25) is 0 Å². The van der Waals surface area contributed by atoms with Gasteiger partial charge in [-0.15, -0.1) is 0 Å². The summed E-state index contributed by atoms with van der Waals surface area (Å²) in [5.74, 6) is 0.360. The van der Waals surface area contributed by atoms with Gasteiger partial charge in [-0.25, -0.2) is 8.42 Å². The number of hydrogen-bond donors (Lipinski definition) is 0. The zero-order valence-electron chi connectivity index (χ0n) is 11.3. The van der Waals surface area contributed by atoms with Gasteiger partial charge in [0.15, 0.2) is 0 Å². The number of benzene rings is 1. The van der Waals surface area contributed by atoms with Crippen LogP contribution in [0.4, 0.5) is 0 Å². The average Bonchev–Trinajstić information content (AvgIpc) is 2.89. The quantitative estimate of drug-likeness (QED) is 0.784. The number of sulfonamides is 1. The number of halogens is 1. The average molecular weight is 346 g/mol. The fourth-order valence-corrected chi connectivity index (χ4v) is 4.82. The van der Waals surface area contributed by atoms with E-state index in [0.29, 0.717) is 17.4 Å². The molecule has 5 heteroatoms. The number of rotatable bonds is 4. The SMILES string of the molecule is CC(C)C1CCCN1S(=O)(=O)c1ccc(CBr)cc1.